The Bertz CT molecular complexity index is 1020. The molecule has 0 aliphatic carbocycles. The van der Waals surface area contributed by atoms with Crippen LogP contribution in [0, 0.1) is 22.9 Å². The number of carbonyl (C=O) groups excluding carboxylic acids is 1. The first-order valence-corrected chi connectivity index (χ1v) is 19.1. The topological polar surface area (TPSA) is 17.1 Å². The van der Waals surface area contributed by atoms with Crippen LogP contribution in [-0.4, -0.2) is 21.9 Å². The molecule has 1 aromatic carbocycles. The molecule has 1 aromatic rings. The predicted octanol–water partition coefficient (Wildman–Crippen LogP) is 10.2. The number of benzene rings is 1. The second-order valence-electron chi connectivity index (χ2n) is 14.1. The van der Waals surface area contributed by atoms with Gasteiger partial charge in [0.1, 0.15) is 16.1 Å². The molecule has 0 aliphatic rings. The standard InChI is InChI=1S/C34H55FOSi2/c1-24(2)37(25(3)4,26(5)6)22-20-32(36)34(35,31-18-16-30(17-19-31)33(13,14)15)21-23-38(27(7)8,28(9)10)29(11)12/h16-19,24-29H,1-15H3/t34-/m0/s1. The summed E-state index contributed by atoms with van der Waals surface area (Å²) in [7, 11) is -4.47. The summed E-state index contributed by atoms with van der Waals surface area (Å²) in [6.45, 7) is 32.8. The van der Waals surface area contributed by atoms with Crippen LogP contribution in [0.4, 0.5) is 4.39 Å². The molecule has 38 heavy (non-hydrogen) atoms. The molecule has 0 saturated carbocycles. The molecule has 0 bridgehead atoms. The summed E-state index contributed by atoms with van der Waals surface area (Å²) in [5.74, 6) is 5.16. The van der Waals surface area contributed by atoms with Crippen LogP contribution in [0.1, 0.15) is 115 Å². The minimum atomic E-state index is -2.45. The van der Waals surface area contributed by atoms with Crippen molar-refractivity contribution in [3.63, 3.8) is 0 Å². The molecule has 0 aromatic heterocycles. The lowest BCUT2D eigenvalue weighted by Crippen LogP contribution is -2.44. The minimum Gasteiger partial charge on any atom is -0.280 e. The Labute approximate surface area is 237 Å². The number of halogens is 1. The molecule has 4 heteroatoms. The predicted molar refractivity (Wildman–Crippen MR) is 171 cm³/mol. The highest BCUT2D eigenvalue weighted by atomic mass is 28.3. The molecule has 0 saturated heterocycles. The second kappa shape index (κ2) is 12.7. The van der Waals surface area contributed by atoms with E-state index in [2.05, 4.69) is 127 Å². The highest BCUT2D eigenvalue weighted by molar-refractivity contribution is 6.91. The molecule has 212 valence electrons. The van der Waals surface area contributed by atoms with Crippen molar-refractivity contribution in [1.82, 2.24) is 0 Å². The normalized spacial score (nSPS) is 14.6. The van der Waals surface area contributed by atoms with E-state index < -0.39 is 27.6 Å². The van der Waals surface area contributed by atoms with Crippen LogP contribution < -0.4 is 0 Å². The van der Waals surface area contributed by atoms with Gasteiger partial charge in [0.25, 0.3) is 11.5 Å². The Morgan fingerprint density at radius 1 is 0.632 bits per heavy atom. The number of Topliss-reactive ketones (excluding diaryl/α,β-unsaturated/α-hetero) is 1. The van der Waals surface area contributed by atoms with Gasteiger partial charge in [-0.25, -0.2) is 4.39 Å². The van der Waals surface area contributed by atoms with Gasteiger partial charge in [0.2, 0.25) is 0 Å². The molecule has 0 amide bonds. The van der Waals surface area contributed by atoms with E-state index >= 15 is 4.39 Å². The van der Waals surface area contributed by atoms with Crippen LogP contribution in [0.3, 0.4) is 0 Å². The van der Waals surface area contributed by atoms with Crippen LogP contribution in [0.2, 0.25) is 33.2 Å². The summed E-state index contributed by atoms with van der Waals surface area (Å²) < 4.78 is 17.3. The minimum absolute atomic E-state index is 0.0704. The van der Waals surface area contributed by atoms with Gasteiger partial charge in [-0.15, -0.1) is 11.1 Å². The average Bonchev–Trinajstić information content (AvgIpc) is 2.77. The summed E-state index contributed by atoms with van der Waals surface area (Å²) in [5, 5.41) is 0. The SMILES string of the molecule is CC(C)[Si](C#CC(=O)[C@](F)(C#C[Si](C(C)C)(C(C)C)C(C)C)c1ccc(C(C)(C)C)cc1)(C(C)C)C(C)C. The van der Waals surface area contributed by atoms with Crippen molar-refractivity contribution in [3.8, 4) is 22.9 Å². The van der Waals surface area contributed by atoms with E-state index in [1.165, 1.54) is 0 Å². The van der Waals surface area contributed by atoms with Crippen molar-refractivity contribution < 1.29 is 9.18 Å². The smallest absolute Gasteiger partial charge is 0.265 e. The molecule has 1 atom stereocenters. The zero-order valence-corrected chi connectivity index (χ0v) is 29.1. The molecule has 0 aliphatic heterocycles. The van der Waals surface area contributed by atoms with Crippen molar-refractivity contribution in [2.45, 2.75) is 148 Å². The van der Waals surface area contributed by atoms with Crippen LogP contribution in [0.15, 0.2) is 24.3 Å². The summed E-state index contributed by atoms with van der Waals surface area (Å²) in [5.41, 5.74) is 7.91. The zero-order chi connectivity index (χ0) is 29.9. The molecule has 0 fully saturated rings. The zero-order valence-electron chi connectivity index (χ0n) is 27.1. The molecule has 0 unspecified atom stereocenters. The Kier molecular flexibility index (Phi) is 11.5. The van der Waals surface area contributed by atoms with Gasteiger partial charge < -0.3 is 0 Å². The Morgan fingerprint density at radius 2 is 0.947 bits per heavy atom. The fraction of sp³-hybridized carbons (Fsp3) is 0.676. The summed E-state index contributed by atoms with van der Waals surface area (Å²) >= 11 is 0. The second-order valence-corrected chi connectivity index (χ2v) is 25.3. The van der Waals surface area contributed by atoms with Gasteiger partial charge in [-0.2, -0.15) is 0 Å². The van der Waals surface area contributed by atoms with Crippen molar-refractivity contribution >= 4 is 21.9 Å². The third-order valence-electron chi connectivity index (χ3n) is 9.04. The van der Waals surface area contributed by atoms with Crippen LogP contribution >= 0.6 is 0 Å². The summed E-state index contributed by atoms with van der Waals surface area (Å²) in [6, 6.07) is 7.35. The average molecular weight is 555 g/mol. The molecule has 1 nitrogen and oxygen atoms in total. The maximum Gasteiger partial charge on any atom is 0.265 e. The number of carbonyl (C=O) groups is 1. The fourth-order valence-electron chi connectivity index (χ4n) is 6.77. The number of alkyl halides is 1. The molecular formula is C34H55FOSi2. The highest BCUT2D eigenvalue weighted by Crippen LogP contribution is 2.42. The first kappa shape index (κ1) is 34.4. The monoisotopic (exact) mass is 554 g/mol. The van der Waals surface area contributed by atoms with Gasteiger partial charge in [0.05, 0.1) is 0 Å². The van der Waals surface area contributed by atoms with Crippen molar-refractivity contribution in [2.24, 2.45) is 0 Å². The number of hydrogen-bond acceptors (Lipinski definition) is 1. The lowest BCUT2D eigenvalue weighted by atomic mass is 9.84. The van der Waals surface area contributed by atoms with E-state index in [1.807, 2.05) is 12.1 Å². The van der Waals surface area contributed by atoms with Crippen LogP contribution in [-0.2, 0) is 15.9 Å². The Balaban J connectivity index is 3.96. The quantitative estimate of drug-likeness (QED) is 0.231. The van der Waals surface area contributed by atoms with Crippen LogP contribution in [0.25, 0.3) is 0 Å². The third kappa shape index (κ3) is 6.74. The maximum atomic E-state index is 17.3. The first-order valence-electron chi connectivity index (χ1n) is 14.6. The number of rotatable bonds is 8. The van der Waals surface area contributed by atoms with Gasteiger partial charge in [-0.05, 0) is 50.1 Å². The number of hydrogen-bond donors (Lipinski definition) is 0. The summed E-state index contributed by atoms with van der Waals surface area (Å²) in [4.78, 5) is 13.9. The third-order valence-corrected chi connectivity index (χ3v) is 21.6. The lowest BCUT2D eigenvalue weighted by Gasteiger charge is -2.38. The maximum absolute atomic E-state index is 17.3. The van der Waals surface area contributed by atoms with Crippen molar-refractivity contribution in [3.05, 3.63) is 35.4 Å². The molecule has 1 rings (SSSR count). The molecule has 0 radical (unpaired) electrons. The van der Waals surface area contributed by atoms with Gasteiger partial charge in [-0.3, -0.25) is 4.79 Å². The van der Waals surface area contributed by atoms with Crippen LogP contribution in [0.5, 0.6) is 0 Å². The van der Waals surface area contributed by atoms with Gasteiger partial charge in [-0.1, -0.05) is 134 Å². The highest BCUT2D eigenvalue weighted by Gasteiger charge is 2.46. The molecule has 0 heterocycles. The molecular weight excluding hydrogens is 500 g/mol. The van der Waals surface area contributed by atoms with Crippen molar-refractivity contribution in [2.75, 3.05) is 0 Å². The largest absolute Gasteiger partial charge is 0.280 e. The van der Waals surface area contributed by atoms with Gasteiger partial charge >= 0.3 is 0 Å². The van der Waals surface area contributed by atoms with E-state index in [0.717, 1.165) is 5.56 Å². The van der Waals surface area contributed by atoms with E-state index in [9.17, 15) is 4.79 Å². The molecule has 0 spiro atoms. The first-order chi connectivity index (χ1) is 17.2. The van der Waals surface area contributed by atoms with E-state index in [0.29, 0.717) is 38.8 Å². The Morgan fingerprint density at radius 3 is 1.26 bits per heavy atom. The van der Waals surface area contributed by atoms with Gasteiger partial charge in [0, 0.05) is 5.56 Å². The van der Waals surface area contributed by atoms with Gasteiger partial charge in [0.15, 0.2) is 0 Å². The number of ketones is 1. The summed E-state index contributed by atoms with van der Waals surface area (Å²) in [6.07, 6.45) is 0. The molecule has 0 N–H and O–H groups in total. The lowest BCUT2D eigenvalue weighted by molar-refractivity contribution is -0.121. The van der Waals surface area contributed by atoms with Crippen molar-refractivity contribution in [1.29, 1.82) is 0 Å². The van der Waals surface area contributed by atoms with E-state index in [4.69, 9.17) is 0 Å². The Hall–Kier alpha value is -1.63. The van der Waals surface area contributed by atoms with E-state index in [-0.39, 0.29) is 5.41 Å². The van der Waals surface area contributed by atoms with E-state index in [1.54, 1.807) is 12.1 Å². The fourth-order valence-corrected chi connectivity index (χ4v) is 17.2.